The molecular weight excluding hydrogens is 420 g/mol. The molecule has 0 aromatic heterocycles. The molecule has 0 radical (unpaired) electrons. The van der Waals surface area contributed by atoms with Crippen LogP contribution in [0.2, 0.25) is 0 Å². The van der Waals surface area contributed by atoms with Crippen LogP contribution in [0.1, 0.15) is 93.9 Å². The molecule has 0 saturated heterocycles. The highest BCUT2D eigenvalue weighted by molar-refractivity contribution is 5.82. The zero-order chi connectivity index (χ0) is 24.8. The molecule has 6 nitrogen and oxygen atoms in total. The fraction of sp³-hybridized carbons (Fsp3) is 0.889. The standard InChI is InChI=1S/C27H44O6/c1-24(2,3)16-26(7,25(4,5)6)23(30)32-14-21(28)31-15-22(29)33-27(8)19-10-17-9-18(12-19)13-20(27)11-17/h17-20H,9-16H2,1-8H3. The van der Waals surface area contributed by atoms with E-state index >= 15 is 0 Å². The summed E-state index contributed by atoms with van der Waals surface area (Å²) in [4.78, 5) is 37.7. The second-order valence-corrected chi connectivity index (χ2v) is 13.5. The first kappa shape index (κ1) is 26.0. The summed E-state index contributed by atoms with van der Waals surface area (Å²) in [5.74, 6) is 0.706. The smallest absolute Gasteiger partial charge is 0.344 e. The maximum atomic E-state index is 13.0. The van der Waals surface area contributed by atoms with Gasteiger partial charge in [-0.25, -0.2) is 9.59 Å². The van der Waals surface area contributed by atoms with E-state index in [0.717, 1.165) is 37.5 Å². The van der Waals surface area contributed by atoms with E-state index in [2.05, 4.69) is 27.7 Å². The summed E-state index contributed by atoms with van der Waals surface area (Å²) in [6.07, 6.45) is 6.48. The van der Waals surface area contributed by atoms with E-state index in [0.29, 0.717) is 18.3 Å². The molecule has 4 aliphatic carbocycles. The Bertz CT molecular complexity index is 742. The van der Waals surface area contributed by atoms with Crippen LogP contribution in [0.15, 0.2) is 0 Å². The molecule has 0 amide bonds. The lowest BCUT2D eigenvalue weighted by Gasteiger charge is -2.59. The molecule has 0 aromatic carbocycles. The van der Waals surface area contributed by atoms with E-state index in [4.69, 9.17) is 14.2 Å². The van der Waals surface area contributed by atoms with Crippen LogP contribution in [-0.2, 0) is 28.6 Å². The summed E-state index contributed by atoms with van der Waals surface area (Å²) in [5.41, 5.74) is -1.65. The maximum absolute atomic E-state index is 13.0. The van der Waals surface area contributed by atoms with Crippen molar-refractivity contribution >= 4 is 17.9 Å². The lowest BCUT2D eigenvalue weighted by atomic mass is 9.50. The van der Waals surface area contributed by atoms with Crippen LogP contribution in [0, 0.1) is 39.9 Å². The van der Waals surface area contributed by atoms with E-state index in [9.17, 15) is 14.4 Å². The van der Waals surface area contributed by atoms with Crippen LogP contribution in [0.4, 0.5) is 0 Å². The summed E-state index contributed by atoms with van der Waals surface area (Å²) >= 11 is 0. The molecule has 6 heteroatoms. The fourth-order valence-electron chi connectivity index (χ4n) is 6.73. The van der Waals surface area contributed by atoms with Gasteiger partial charge in [0.15, 0.2) is 13.2 Å². The number of carbonyl (C=O) groups excluding carboxylic acids is 3. The van der Waals surface area contributed by atoms with Crippen LogP contribution < -0.4 is 0 Å². The third-order valence-electron chi connectivity index (χ3n) is 8.75. The normalized spacial score (nSPS) is 32.7. The first-order valence-electron chi connectivity index (χ1n) is 12.6. The molecule has 4 bridgehead atoms. The van der Waals surface area contributed by atoms with Crippen molar-refractivity contribution < 1.29 is 28.6 Å². The number of rotatable bonds is 7. The SMILES string of the molecule is CC(C)(C)CC(C)(C(=O)OCC(=O)OCC(=O)OC1(C)C2CC3CC(C2)CC1C3)C(C)(C)C. The van der Waals surface area contributed by atoms with Gasteiger partial charge in [0, 0.05) is 0 Å². The minimum Gasteiger partial charge on any atom is -0.456 e. The summed E-state index contributed by atoms with van der Waals surface area (Å²) in [6.45, 7) is 15.2. The molecule has 0 N–H and O–H groups in total. The average Bonchev–Trinajstić information content (AvgIpc) is 2.66. The summed E-state index contributed by atoms with van der Waals surface area (Å²) < 4.78 is 16.4. The van der Waals surface area contributed by atoms with Crippen molar-refractivity contribution in [2.75, 3.05) is 13.2 Å². The number of hydrogen-bond acceptors (Lipinski definition) is 6. The van der Waals surface area contributed by atoms with E-state index < -0.39 is 42.1 Å². The third kappa shape index (κ3) is 5.57. The van der Waals surface area contributed by atoms with Crippen LogP contribution in [0.3, 0.4) is 0 Å². The predicted octanol–water partition coefficient (Wildman–Crippen LogP) is 5.32. The molecule has 4 saturated carbocycles. The highest BCUT2D eigenvalue weighted by atomic mass is 16.6. The topological polar surface area (TPSA) is 78.9 Å². The van der Waals surface area contributed by atoms with Gasteiger partial charge >= 0.3 is 17.9 Å². The van der Waals surface area contributed by atoms with Gasteiger partial charge in [-0.3, -0.25) is 4.79 Å². The monoisotopic (exact) mass is 464 g/mol. The van der Waals surface area contributed by atoms with Crippen molar-refractivity contribution in [1.29, 1.82) is 0 Å². The molecule has 1 atom stereocenters. The Balaban J connectivity index is 1.48. The zero-order valence-corrected chi connectivity index (χ0v) is 21.9. The Kier molecular flexibility index (Phi) is 7.01. The van der Waals surface area contributed by atoms with Gasteiger partial charge in [0.05, 0.1) is 5.41 Å². The quantitative estimate of drug-likeness (QED) is 0.375. The van der Waals surface area contributed by atoms with E-state index in [1.165, 1.54) is 6.42 Å². The van der Waals surface area contributed by atoms with Crippen molar-refractivity contribution in [2.45, 2.75) is 99.5 Å². The Morgan fingerprint density at radius 3 is 1.70 bits per heavy atom. The Labute approximate surface area is 199 Å². The lowest BCUT2D eigenvalue weighted by Crippen LogP contribution is -2.58. The van der Waals surface area contributed by atoms with Crippen LogP contribution in [0.5, 0.6) is 0 Å². The molecule has 0 heterocycles. The van der Waals surface area contributed by atoms with Gasteiger partial charge in [-0.1, -0.05) is 41.5 Å². The molecule has 1 unspecified atom stereocenters. The fourth-order valence-corrected chi connectivity index (χ4v) is 6.73. The largest absolute Gasteiger partial charge is 0.456 e. The third-order valence-corrected chi connectivity index (χ3v) is 8.75. The van der Waals surface area contributed by atoms with Gasteiger partial charge in [0.25, 0.3) is 0 Å². The Morgan fingerprint density at radius 2 is 1.24 bits per heavy atom. The molecule has 4 aliphatic rings. The number of esters is 3. The first-order chi connectivity index (χ1) is 15.0. The van der Waals surface area contributed by atoms with E-state index in [-0.39, 0.29) is 10.8 Å². The van der Waals surface area contributed by atoms with Gasteiger partial charge in [-0.05, 0) is 86.9 Å². The average molecular weight is 465 g/mol. The van der Waals surface area contributed by atoms with Crippen LogP contribution in [-0.4, -0.2) is 36.7 Å². The van der Waals surface area contributed by atoms with Crippen molar-refractivity contribution in [3.8, 4) is 0 Å². The minimum atomic E-state index is -0.765. The summed E-state index contributed by atoms with van der Waals surface area (Å²) in [5, 5.41) is 0. The Morgan fingerprint density at radius 1 is 0.758 bits per heavy atom. The number of carbonyl (C=O) groups is 3. The second-order valence-electron chi connectivity index (χ2n) is 13.5. The predicted molar refractivity (Wildman–Crippen MR) is 125 cm³/mol. The highest BCUT2D eigenvalue weighted by Gasteiger charge is 2.57. The molecular formula is C27H44O6. The number of hydrogen-bond donors (Lipinski definition) is 0. The lowest BCUT2D eigenvalue weighted by molar-refractivity contribution is -0.207. The maximum Gasteiger partial charge on any atom is 0.344 e. The van der Waals surface area contributed by atoms with E-state index in [1.807, 2.05) is 27.7 Å². The molecule has 4 rings (SSSR count). The Hall–Kier alpha value is -1.59. The molecule has 0 spiro atoms. The molecule has 0 aromatic rings. The molecule has 33 heavy (non-hydrogen) atoms. The van der Waals surface area contributed by atoms with Crippen LogP contribution in [0.25, 0.3) is 0 Å². The molecule has 4 fully saturated rings. The summed E-state index contributed by atoms with van der Waals surface area (Å²) in [7, 11) is 0. The van der Waals surface area contributed by atoms with E-state index in [1.54, 1.807) is 0 Å². The number of ether oxygens (including phenoxy) is 3. The molecule has 188 valence electrons. The summed E-state index contributed by atoms with van der Waals surface area (Å²) in [6, 6.07) is 0. The second kappa shape index (κ2) is 8.88. The van der Waals surface area contributed by atoms with Gasteiger partial charge in [0.2, 0.25) is 0 Å². The van der Waals surface area contributed by atoms with Crippen LogP contribution >= 0.6 is 0 Å². The minimum absolute atomic E-state index is 0.0840. The van der Waals surface area contributed by atoms with Gasteiger partial charge in [0.1, 0.15) is 5.60 Å². The van der Waals surface area contributed by atoms with Crippen molar-refractivity contribution in [3.05, 3.63) is 0 Å². The van der Waals surface area contributed by atoms with Crippen molar-refractivity contribution in [3.63, 3.8) is 0 Å². The van der Waals surface area contributed by atoms with Gasteiger partial charge in [-0.15, -0.1) is 0 Å². The zero-order valence-electron chi connectivity index (χ0n) is 21.9. The van der Waals surface area contributed by atoms with Gasteiger partial charge in [-0.2, -0.15) is 0 Å². The van der Waals surface area contributed by atoms with Gasteiger partial charge < -0.3 is 14.2 Å². The first-order valence-corrected chi connectivity index (χ1v) is 12.6. The van der Waals surface area contributed by atoms with Crippen molar-refractivity contribution in [2.24, 2.45) is 39.9 Å². The van der Waals surface area contributed by atoms with Crippen molar-refractivity contribution in [1.82, 2.24) is 0 Å². The highest BCUT2D eigenvalue weighted by Crippen LogP contribution is 2.59. The molecule has 0 aliphatic heterocycles.